The molecule has 31 heavy (non-hydrogen) atoms. The third-order valence-electron chi connectivity index (χ3n) is 5.14. The van der Waals surface area contributed by atoms with Crippen LogP contribution in [-0.2, 0) is 16.6 Å². The Bertz CT molecular complexity index is 1160. The highest BCUT2D eigenvalue weighted by Crippen LogP contribution is 2.18. The van der Waals surface area contributed by atoms with Crippen molar-refractivity contribution >= 4 is 15.9 Å². The van der Waals surface area contributed by atoms with Crippen molar-refractivity contribution in [1.82, 2.24) is 24.2 Å². The number of ether oxygens (including phenoxy) is 1. The quantitative estimate of drug-likeness (QED) is 0.575. The fourth-order valence-electron chi connectivity index (χ4n) is 3.47. The zero-order chi connectivity index (χ0) is 21.8. The van der Waals surface area contributed by atoms with E-state index in [-0.39, 0.29) is 29.6 Å². The molecule has 1 saturated heterocycles. The lowest BCUT2D eigenvalue weighted by Crippen LogP contribution is -2.50. The molecule has 1 fully saturated rings. The molecule has 0 aliphatic carbocycles. The number of rotatable bonds is 6. The van der Waals surface area contributed by atoms with Crippen LogP contribution < -0.4 is 4.74 Å². The van der Waals surface area contributed by atoms with E-state index < -0.39 is 10.0 Å². The summed E-state index contributed by atoms with van der Waals surface area (Å²) in [5, 5.41) is 8.05. The van der Waals surface area contributed by atoms with Gasteiger partial charge in [0.05, 0.1) is 24.7 Å². The molecule has 1 amide bonds. The molecular formula is C21H23N5O4S. The Kier molecular flexibility index (Phi) is 6.01. The van der Waals surface area contributed by atoms with Crippen LogP contribution >= 0.6 is 0 Å². The van der Waals surface area contributed by atoms with Gasteiger partial charge >= 0.3 is 0 Å². The van der Waals surface area contributed by atoms with Gasteiger partial charge < -0.3 is 9.64 Å². The number of amides is 1. The molecular weight excluding hydrogens is 418 g/mol. The minimum Gasteiger partial charge on any atom is -0.497 e. The number of methoxy groups -OCH3 is 1. The van der Waals surface area contributed by atoms with Crippen LogP contribution in [0, 0.1) is 0 Å². The summed E-state index contributed by atoms with van der Waals surface area (Å²) in [6, 6.07) is 15.9. The van der Waals surface area contributed by atoms with Gasteiger partial charge in [-0.25, -0.2) is 13.1 Å². The highest BCUT2D eigenvalue weighted by molar-refractivity contribution is 7.89. The number of sulfonamides is 1. The number of piperazine rings is 1. The van der Waals surface area contributed by atoms with Crippen LogP contribution in [-0.4, -0.2) is 71.8 Å². The van der Waals surface area contributed by atoms with Gasteiger partial charge in [-0.15, -0.1) is 5.10 Å². The second kappa shape index (κ2) is 8.86. The van der Waals surface area contributed by atoms with E-state index in [0.29, 0.717) is 19.6 Å². The Labute approximate surface area is 180 Å². The fourth-order valence-corrected chi connectivity index (χ4v) is 4.91. The second-order valence-electron chi connectivity index (χ2n) is 7.16. The van der Waals surface area contributed by atoms with Crippen molar-refractivity contribution in [1.29, 1.82) is 0 Å². The molecule has 0 radical (unpaired) electrons. The van der Waals surface area contributed by atoms with E-state index in [4.69, 9.17) is 4.74 Å². The maximum absolute atomic E-state index is 12.8. The molecule has 2 heterocycles. The zero-order valence-electron chi connectivity index (χ0n) is 17.1. The molecule has 0 unspecified atom stereocenters. The molecule has 0 bridgehead atoms. The summed E-state index contributed by atoms with van der Waals surface area (Å²) in [5.74, 6) is 0.492. The van der Waals surface area contributed by atoms with E-state index in [1.165, 1.54) is 4.31 Å². The van der Waals surface area contributed by atoms with Gasteiger partial charge in [0.15, 0.2) is 5.69 Å². The van der Waals surface area contributed by atoms with Crippen molar-refractivity contribution in [2.45, 2.75) is 11.4 Å². The fraction of sp³-hybridized carbons (Fsp3) is 0.286. The number of benzene rings is 2. The molecule has 2 aromatic carbocycles. The van der Waals surface area contributed by atoms with Crippen molar-refractivity contribution in [3.8, 4) is 5.75 Å². The predicted octanol–water partition coefficient (Wildman–Crippen LogP) is 1.48. The summed E-state index contributed by atoms with van der Waals surface area (Å²) in [6.45, 7) is 1.53. The lowest BCUT2D eigenvalue weighted by molar-refractivity contribution is 0.0692. The Morgan fingerprint density at radius 2 is 1.77 bits per heavy atom. The summed E-state index contributed by atoms with van der Waals surface area (Å²) in [6.07, 6.45) is 1.61. The number of hydrogen-bond donors (Lipinski definition) is 0. The van der Waals surface area contributed by atoms with Gasteiger partial charge in [-0.05, 0) is 29.8 Å². The van der Waals surface area contributed by atoms with Gasteiger partial charge in [0, 0.05) is 26.2 Å². The van der Waals surface area contributed by atoms with E-state index >= 15 is 0 Å². The Hall–Kier alpha value is -3.24. The maximum Gasteiger partial charge on any atom is 0.276 e. The van der Waals surface area contributed by atoms with E-state index in [1.54, 1.807) is 53.2 Å². The molecule has 0 N–H and O–H groups in total. The van der Waals surface area contributed by atoms with Crippen LogP contribution in [0.5, 0.6) is 5.75 Å². The molecule has 0 saturated carbocycles. The molecule has 0 atom stereocenters. The number of carbonyl (C=O) groups is 1. The van der Waals surface area contributed by atoms with Crippen molar-refractivity contribution in [2.24, 2.45) is 0 Å². The summed E-state index contributed by atoms with van der Waals surface area (Å²) in [7, 11) is -1.95. The first-order valence-electron chi connectivity index (χ1n) is 9.85. The van der Waals surface area contributed by atoms with Crippen molar-refractivity contribution in [2.75, 3.05) is 33.3 Å². The average molecular weight is 442 g/mol. The smallest absolute Gasteiger partial charge is 0.276 e. The summed E-state index contributed by atoms with van der Waals surface area (Å²) < 4.78 is 33.7. The topological polar surface area (TPSA) is 97.6 Å². The Balaban J connectivity index is 1.38. The molecule has 162 valence electrons. The van der Waals surface area contributed by atoms with Crippen molar-refractivity contribution in [3.05, 3.63) is 72.1 Å². The number of nitrogens with zero attached hydrogens (tertiary/aromatic N) is 5. The lowest BCUT2D eigenvalue weighted by Gasteiger charge is -2.33. The van der Waals surface area contributed by atoms with Crippen LogP contribution in [0.3, 0.4) is 0 Å². The molecule has 9 nitrogen and oxygen atoms in total. The monoisotopic (exact) mass is 441 g/mol. The summed E-state index contributed by atoms with van der Waals surface area (Å²) >= 11 is 0. The van der Waals surface area contributed by atoms with E-state index in [9.17, 15) is 13.2 Å². The highest BCUT2D eigenvalue weighted by atomic mass is 32.2. The predicted molar refractivity (Wildman–Crippen MR) is 113 cm³/mol. The highest BCUT2D eigenvalue weighted by Gasteiger charge is 2.31. The van der Waals surface area contributed by atoms with Gasteiger partial charge in [-0.2, -0.15) is 4.31 Å². The van der Waals surface area contributed by atoms with Gasteiger partial charge in [0.1, 0.15) is 5.75 Å². The minimum absolute atomic E-state index is 0.237. The molecule has 4 rings (SSSR count). The van der Waals surface area contributed by atoms with Crippen molar-refractivity contribution < 1.29 is 17.9 Å². The number of carbonyl (C=O) groups excluding carboxylic acids is 1. The van der Waals surface area contributed by atoms with E-state index in [2.05, 4.69) is 10.3 Å². The third kappa shape index (κ3) is 4.59. The second-order valence-corrected chi connectivity index (χ2v) is 9.10. The van der Waals surface area contributed by atoms with Crippen LogP contribution in [0.4, 0.5) is 0 Å². The third-order valence-corrected chi connectivity index (χ3v) is 7.06. The first kappa shape index (κ1) is 21.0. The summed E-state index contributed by atoms with van der Waals surface area (Å²) in [4.78, 5) is 14.7. The molecule has 1 aromatic heterocycles. The van der Waals surface area contributed by atoms with Gasteiger partial charge in [-0.3, -0.25) is 4.79 Å². The number of aromatic nitrogens is 3. The first-order chi connectivity index (χ1) is 15.0. The van der Waals surface area contributed by atoms with Crippen molar-refractivity contribution in [3.63, 3.8) is 0 Å². The maximum atomic E-state index is 12.8. The van der Waals surface area contributed by atoms with Crippen LogP contribution in [0.1, 0.15) is 16.1 Å². The molecule has 1 aliphatic heterocycles. The lowest BCUT2D eigenvalue weighted by atomic mass is 10.2. The van der Waals surface area contributed by atoms with Crippen LogP contribution in [0.2, 0.25) is 0 Å². The van der Waals surface area contributed by atoms with Gasteiger partial charge in [0.25, 0.3) is 5.91 Å². The molecule has 10 heteroatoms. The minimum atomic E-state index is -3.56. The normalized spacial score (nSPS) is 15.1. The Morgan fingerprint density at radius 3 is 2.48 bits per heavy atom. The van der Waals surface area contributed by atoms with E-state index in [0.717, 1.165) is 11.3 Å². The molecule has 1 aliphatic rings. The average Bonchev–Trinajstić information content (AvgIpc) is 3.27. The molecule has 0 spiro atoms. The SMILES string of the molecule is COc1cccc(Cn2cc(C(=O)N3CCN(S(=O)(=O)c4ccccc4)CC3)nn2)c1. The standard InChI is InChI=1S/C21H23N5O4S/c1-30-18-7-5-6-17(14-18)15-25-16-20(22-23-25)21(27)24-10-12-26(13-11-24)31(28,29)19-8-3-2-4-9-19/h2-9,14,16H,10-13,15H2,1H3. The molecule has 3 aromatic rings. The first-order valence-corrected chi connectivity index (χ1v) is 11.3. The largest absolute Gasteiger partial charge is 0.497 e. The summed E-state index contributed by atoms with van der Waals surface area (Å²) in [5.41, 5.74) is 1.21. The van der Waals surface area contributed by atoms with Gasteiger partial charge in [-0.1, -0.05) is 35.5 Å². The van der Waals surface area contributed by atoms with Crippen LogP contribution in [0.15, 0.2) is 65.7 Å². The van der Waals surface area contributed by atoms with Gasteiger partial charge in [0.2, 0.25) is 10.0 Å². The Morgan fingerprint density at radius 1 is 1.03 bits per heavy atom. The number of hydrogen-bond acceptors (Lipinski definition) is 6. The van der Waals surface area contributed by atoms with Crippen LogP contribution in [0.25, 0.3) is 0 Å². The van der Waals surface area contributed by atoms with E-state index in [1.807, 2.05) is 24.3 Å². The zero-order valence-corrected chi connectivity index (χ0v) is 17.9.